The van der Waals surface area contributed by atoms with Crippen LogP contribution in [0.2, 0.25) is 20.1 Å². The molecule has 0 unspecified atom stereocenters. The minimum absolute atomic E-state index is 0.0105. The Kier molecular flexibility index (Phi) is 6.19. The molecule has 5 nitrogen and oxygen atoms in total. The molecule has 2 aromatic carbocycles. The molecule has 0 atom stereocenters. The Labute approximate surface area is 164 Å². The molecule has 0 heterocycles. The van der Waals surface area contributed by atoms with Gasteiger partial charge in [0.1, 0.15) is 4.90 Å². The number of nitrogens with one attached hydrogen (secondary N) is 2. The lowest BCUT2D eigenvalue weighted by molar-refractivity contribution is 0.598. The maximum absolute atomic E-state index is 11.5. The molecule has 24 heavy (non-hydrogen) atoms. The largest absolute Gasteiger partial charge is 0.332 e. The van der Waals surface area contributed by atoms with E-state index in [4.69, 9.17) is 63.8 Å². The predicted octanol–water partition coefficient (Wildman–Crippen LogP) is 4.76. The van der Waals surface area contributed by atoms with Crippen molar-refractivity contribution in [2.45, 2.75) is 4.90 Å². The van der Waals surface area contributed by atoms with Gasteiger partial charge in [-0.3, -0.25) is 0 Å². The molecule has 0 saturated carbocycles. The van der Waals surface area contributed by atoms with Crippen LogP contribution in [0.3, 0.4) is 0 Å². The van der Waals surface area contributed by atoms with Crippen molar-refractivity contribution in [1.82, 2.24) is 0 Å². The predicted molar refractivity (Wildman–Crippen MR) is 104 cm³/mol. The van der Waals surface area contributed by atoms with E-state index in [0.29, 0.717) is 10.7 Å². The molecule has 0 aliphatic rings. The van der Waals surface area contributed by atoms with Gasteiger partial charge in [0.15, 0.2) is 5.11 Å². The van der Waals surface area contributed by atoms with E-state index in [9.17, 15) is 8.42 Å². The normalized spacial score (nSPS) is 11.2. The summed E-state index contributed by atoms with van der Waals surface area (Å²) in [5, 5.41) is 11.0. The number of hydrogen-bond acceptors (Lipinski definition) is 3. The molecule has 2 rings (SSSR count). The summed E-state index contributed by atoms with van der Waals surface area (Å²) < 4.78 is 22.9. The average Bonchev–Trinajstić information content (AvgIpc) is 2.46. The molecular weight excluding hydrogens is 436 g/mol. The van der Waals surface area contributed by atoms with Crippen molar-refractivity contribution in [3.63, 3.8) is 0 Å². The number of hydrogen-bond donors (Lipinski definition) is 3. The van der Waals surface area contributed by atoms with Crippen LogP contribution in [0, 0.1) is 0 Å². The van der Waals surface area contributed by atoms with E-state index in [2.05, 4.69) is 10.6 Å². The second-order valence-electron chi connectivity index (χ2n) is 4.49. The quantitative estimate of drug-likeness (QED) is 0.469. The van der Waals surface area contributed by atoms with Crippen molar-refractivity contribution in [2.75, 3.05) is 10.6 Å². The monoisotopic (exact) mass is 443 g/mol. The molecule has 0 aromatic heterocycles. The summed E-state index contributed by atoms with van der Waals surface area (Å²) in [5.41, 5.74) is 0.787. The topological polar surface area (TPSA) is 84.2 Å². The van der Waals surface area contributed by atoms with Crippen LogP contribution in [0.1, 0.15) is 0 Å². The van der Waals surface area contributed by atoms with Gasteiger partial charge in [-0.2, -0.15) is 0 Å². The van der Waals surface area contributed by atoms with E-state index < -0.39 is 10.0 Å². The highest BCUT2D eigenvalue weighted by atomic mass is 35.5. The Bertz CT molecular complexity index is 920. The first-order valence-electron chi connectivity index (χ1n) is 6.13. The van der Waals surface area contributed by atoms with Crippen molar-refractivity contribution < 1.29 is 8.42 Å². The number of rotatable bonds is 3. The number of nitrogens with two attached hydrogens (primary N) is 1. The number of anilines is 2. The first-order chi connectivity index (χ1) is 11.1. The van der Waals surface area contributed by atoms with E-state index in [-0.39, 0.29) is 30.8 Å². The van der Waals surface area contributed by atoms with Gasteiger partial charge in [0.25, 0.3) is 0 Å². The molecule has 0 spiro atoms. The second-order valence-corrected chi connectivity index (χ2v) is 8.03. The van der Waals surface area contributed by atoms with Gasteiger partial charge < -0.3 is 10.6 Å². The number of thiocarbonyl (C=S) groups is 1. The molecular formula is C13H9Cl4N3O2S2. The first-order valence-corrected chi connectivity index (χ1v) is 9.60. The van der Waals surface area contributed by atoms with Crippen molar-refractivity contribution in [3.8, 4) is 0 Å². The number of sulfonamides is 1. The lowest BCUT2D eigenvalue weighted by Gasteiger charge is -2.15. The van der Waals surface area contributed by atoms with Gasteiger partial charge in [-0.25, -0.2) is 13.6 Å². The van der Waals surface area contributed by atoms with E-state index >= 15 is 0 Å². The SMILES string of the molecule is NS(=O)(=O)c1cc(Cl)c(NC(=S)Nc2cccc(Cl)c2)c(Cl)c1Cl. The lowest BCUT2D eigenvalue weighted by atomic mass is 10.3. The third-order valence-electron chi connectivity index (χ3n) is 2.75. The fourth-order valence-corrected chi connectivity index (χ4v) is 3.92. The molecule has 0 aliphatic heterocycles. The standard InChI is InChI=1S/C13H9Cl4N3O2S2/c14-6-2-1-3-7(4-6)19-13(23)20-12-8(15)5-9(24(18,21)22)10(16)11(12)17/h1-5H,(H2,18,21,22)(H2,19,20,23). The fraction of sp³-hybridized carbons (Fsp3) is 0. The number of benzene rings is 2. The third kappa shape index (κ3) is 4.64. The van der Waals surface area contributed by atoms with Gasteiger partial charge in [-0.1, -0.05) is 52.5 Å². The van der Waals surface area contributed by atoms with E-state index in [1.165, 1.54) is 0 Å². The van der Waals surface area contributed by atoms with Crippen LogP contribution in [0.25, 0.3) is 0 Å². The van der Waals surface area contributed by atoms with Crippen molar-refractivity contribution >= 4 is 85.1 Å². The van der Waals surface area contributed by atoms with Crippen LogP contribution >= 0.6 is 58.6 Å². The molecule has 0 aliphatic carbocycles. The highest BCUT2D eigenvalue weighted by Crippen LogP contribution is 2.40. The zero-order chi connectivity index (χ0) is 18.1. The molecule has 0 amide bonds. The van der Waals surface area contributed by atoms with Crippen LogP contribution in [0.15, 0.2) is 35.2 Å². The Morgan fingerprint density at radius 2 is 1.71 bits per heavy atom. The van der Waals surface area contributed by atoms with E-state index in [0.717, 1.165) is 6.07 Å². The Morgan fingerprint density at radius 3 is 2.29 bits per heavy atom. The summed E-state index contributed by atoms with van der Waals surface area (Å²) in [6, 6.07) is 7.96. The van der Waals surface area contributed by atoms with Gasteiger partial charge in [-0.05, 0) is 36.5 Å². The summed E-state index contributed by atoms with van der Waals surface area (Å²) >= 11 is 29.1. The van der Waals surface area contributed by atoms with Crippen molar-refractivity contribution in [3.05, 3.63) is 50.4 Å². The number of halogens is 4. The minimum Gasteiger partial charge on any atom is -0.332 e. The van der Waals surface area contributed by atoms with Gasteiger partial charge in [-0.15, -0.1) is 0 Å². The van der Waals surface area contributed by atoms with Crippen LogP contribution in [0.4, 0.5) is 11.4 Å². The summed E-state index contributed by atoms with van der Waals surface area (Å²) in [4.78, 5) is -0.376. The van der Waals surface area contributed by atoms with E-state index in [1.807, 2.05) is 0 Å². The zero-order valence-electron chi connectivity index (χ0n) is 11.6. The lowest BCUT2D eigenvalue weighted by Crippen LogP contribution is -2.20. The highest BCUT2D eigenvalue weighted by molar-refractivity contribution is 7.89. The molecule has 0 bridgehead atoms. The molecule has 11 heteroatoms. The minimum atomic E-state index is -4.07. The van der Waals surface area contributed by atoms with Gasteiger partial charge in [0.05, 0.1) is 20.8 Å². The van der Waals surface area contributed by atoms with Crippen LogP contribution in [-0.4, -0.2) is 13.5 Å². The molecule has 128 valence electrons. The summed E-state index contributed by atoms with van der Waals surface area (Å²) in [5.74, 6) is 0. The summed E-state index contributed by atoms with van der Waals surface area (Å²) in [6.07, 6.45) is 0. The van der Waals surface area contributed by atoms with Crippen LogP contribution < -0.4 is 15.8 Å². The molecule has 0 radical (unpaired) electrons. The summed E-state index contributed by atoms with van der Waals surface area (Å²) in [7, 11) is -4.07. The summed E-state index contributed by atoms with van der Waals surface area (Å²) in [6.45, 7) is 0. The van der Waals surface area contributed by atoms with Crippen molar-refractivity contribution in [1.29, 1.82) is 0 Å². The Balaban J connectivity index is 2.30. The first kappa shape index (κ1) is 19.5. The maximum atomic E-state index is 11.5. The smallest absolute Gasteiger partial charge is 0.239 e. The second kappa shape index (κ2) is 7.61. The zero-order valence-corrected chi connectivity index (χ0v) is 16.3. The highest BCUT2D eigenvalue weighted by Gasteiger charge is 2.21. The molecule has 2 aromatic rings. The number of primary sulfonamides is 1. The molecule has 0 fully saturated rings. The molecule has 0 saturated heterocycles. The van der Waals surface area contributed by atoms with Crippen LogP contribution in [0.5, 0.6) is 0 Å². The third-order valence-corrected chi connectivity index (χ3v) is 5.40. The van der Waals surface area contributed by atoms with Crippen molar-refractivity contribution in [2.24, 2.45) is 5.14 Å². The molecule has 4 N–H and O–H groups in total. The van der Waals surface area contributed by atoms with Crippen LogP contribution in [-0.2, 0) is 10.0 Å². The fourth-order valence-electron chi connectivity index (χ4n) is 1.74. The average molecular weight is 445 g/mol. The maximum Gasteiger partial charge on any atom is 0.239 e. The Morgan fingerprint density at radius 1 is 1.04 bits per heavy atom. The van der Waals surface area contributed by atoms with Gasteiger partial charge in [0, 0.05) is 10.7 Å². The van der Waals surface area contributed by atoms with Gasteiger partial charge in [0.2, 0.25) is 10.0 Å². The van der Waals surface area contributed by atoms with E-state index in [1.54, 1.807) is 24.3 Å². The Hall–Kier alpha value is -0.800. The van der Waals surface area contributed by atoms with Gasteiger partial charge >= 0.3 is 0 Å².